The van der Waals surface area contributed by atoms with E-state index in [0.717, 1.165) is 11.4 Å². The van der Waals surface area contributed by atoms with E-state index in [1.807, 2.05) is 12.1 Å². The molecule has 0 spiro atoms. The molecule has 0 bridgehead atoms. The van der Waals surface area contributed by atoms with E-state index in [9.17, 15) is 0 Å². The summed E-state index contributed by atoms with van der Waals surface area (Å²) in [6, 6.07) is 3.81. The maximum atomic E-state index is 5.63. The highest BCUT2D eigenvalue weighted by Crippen LogP contribution is 2.28. The van der Waals surface area contributed by atoms with Crippen molar-refractivity contribution < 1.29 is 4.74 Å². The van der Waals surface area contributed by atoms with Crippen molar-refractivity contribution in [3.05, 3.63) is 24.0 Å². The largest absolute Gasteiger partial charge is 0.495 e. The minimum atomic E-state index is 0.330. The van der Waals surface area contributed by atoms with Crippen molar-refractivity contribution in [2.45, 2.75) is 19.8 Å². The SMILES string of the molecule is COc1cccnc1C(C)C(C)CN. The van der Waals surface area contributed by atoms with Crippen molar-refractivity contribution in [3.8, 4) is 5.75 Å². The Hall–Kier alpha value is -1.09. The van der Waals surface area contributed by atoms with Gasteiger partial charge >= 0.3 is 0 Å². The molecule has 0 saturated heterocycles. The number of ether oxygens (including phenoxy) is 1. The van der Waals surface area contributed by atoms with Crippen LogP contribution in [0.25, 0.3) is 0 Å². The third kappa shape index (κ3) is 2.23. The van der Waals surface area contributed by atoms with Gasteiger partial charge in [0.2, 0.25) is 0 Å². The summed E-state index contributed by atoms with van der Waals surface area (Å²) in [7, 11) is 1.67. The first-order valence-corrected chi connectivity index (χ1v) is 4.89. The first-order chi connectivity index (χ1) is 6.70. The Morgan fingerprint density at radius 3 is 2.79 bits per heavy atom. The van der Waals surface area contributed by atoms with Crippen molar-refractivity contribution in [2.75, 3.05) is 13.7 Å². The quantitative estimate of drug-likeness (QED) is 0.795. The predicted molar refractivity (Wildman–Crippen MR) is 57.4 cm³/mol. The third-order valence-corrected chi connectivity index (χ3v) is 2.68. The van der Waals surface area contributed by atoms with Crippen molar-refractivity contribution >= 4 is 0 Å². The number of rotatable bonds is 4. The standard InChI is InChI=1S/C11H18N2O/c1-8(7-12)9(2)11-10(14-3)5-4-6-13-11/h4-6,8-9H,7,12H2,1-3H3. The maximum Gasteiger partial charge on any atom is 0.140 e. The summed E-state index contributed by atoms with van der Waals surface area (Å²) in [5, 5.41) is 0. The molecular formula is C11H18N2O. The molecular weight excluding hydrogens is 176 g/mol. The molecule has 78 valence electrons. The molecule has 14 heavy (non-hydrogen) atoms. The minimum Gasteiger partial charge on any atom is -0.495 e. The van der Waals surface area contributed by atoms with Gasteiger partial charge in [0.1, 0.15) is 5.75 Å². The predicted octanol–water partition coefficient (Wildman–Crippen LogP) is 1.79. The fourth-order valence-corrected chi connectivity index (χ4v) is 1.39. The lowest BCUT2D eigenvalue weighted by Crippen LogP contribution is -2.18. The van der Waals surface area contributed by atoms with Gasteiger partial charge in [0.25, 0.3) is 0 Å². The Bertz CT molecular complexity index is 288. The molecule has 0 radical (unpaired) electrons. The molecule has 0 aliphatic rings. The van der Waals surface area contributed by atoms with E-state index < -0.39 is 0 Å². The zero-order chi connectivity index (χ0) is 10.6. The van der Waals surface area contributed by atoms with Crippen LogP contribution < -0.4 is 10.5 Å². The van der Waals surface area contributed by atoms with Gasteiger partial charge in [-0.1, -0.05) is 13.8 Å². The van der Waals surface area contributed by atoms with Gasteiger partial charge in [0, 0.05) is 12.1 Å². The van der Waals surface area contributed by atoms with E-state index in [1.165, 1.54) is 0 Å². The summed E-state index contributed by atoms with van der Waals surface area (Å²) >= 11 is 0. The molecule has 2 unspecified atom stereocenters. The van der Waals surface area contributed by atoms with Crippen LogP contribution in [0.2, 0.25) is 0 Å². The van der Waals surface area contributed by atoms with Crippen LogP contribution in [-0.2, 0) is 0 Å². The molecule has 0 aliphatic carbocycles. The average molecular weight is 194 g/mol. The molecule has 1 aromatic rings. The van der Waals surface area contributed by atoms with E-state index in [1.54, 1.807) is 13.3 Å². The Labute approximate surface area is 85.3 Å². The van der Waals surface area contributed by atoms with Crippen LogP contribution in [0.4, 0.5) is 0 Å². The second-order valence-electron chi connectivity index (χ2n) is 3.59. The van der Waals surface area contributed by atoms with Gasteiger partial charge in [-0.3, -0.25) is 4.98 Å². The van der Waals surface area contributed by atoms with Gasteiger partial charge in [-0.25, -0.2) is 0 Å². The number of aromatic nitrogens is 1. The molecule has 2 N–H and O–H groups in total. The topological polar surface area (TPSA) is 48.1 Å². The third-order valence-electron chi connectivity index (χ3n) is 2.68. The molecule has 1 rings (SSSR count). The molecule has 2 atom stereocenters. The van der Waals surface area contributed by atoms with Crippen LogP contribution in [0.1, 0.15) is 25.5 Å². The lowest BCUT2D eigenvalue weighted by Gasteiger charge is -2.19. The van der Waals surface area contributed by atoms with Crippen LogP contribution in [0.3, 0.4) is 0 Å². The first-order valence-electron chi connectivity index (χ1n) is 4.89. The number of hydrogen-bond donors (Lipinski definition) is 1. The first kappa shape index (κ1) is 11.0. The normalized spacial score (nSPS) is 14.9. The number of pyridine rings is 1. The van der Waals surface area contributed by atoms with Crippen molar-refractivity contribution in [3.63, 3.8) is 0 Å². The van der Waals surface area contributed by atoms with Gasteiger partial charge in [-0.2, -0.15) is 0 Å². The molecule has 0 aromatic carbocycles. The van der Waals surface area contributed by atoms with Crippen molar-refractivity contribution in [1.29, 1.82) is 0 Å². The van der Waals surface area contributed by atoms with Crippen LogP contribution in [0.15, 0.2) is 18.3 Å². The Kier molecular flexibility index (Phi) is 3.89. The second-order valence-corrected chi connectivity index (χ2v) is 3.59. The Morgan fingerprint density at radius 1 is 1.50 bits per heavy atom. The van der Waals surface area contributed by atoms with Gasteiger partial charge in [-0.15, -0.1) is 0 Å². The fourth-order valence-electron chi connectivity index (χ4n) is 1.39. The molecule has 1 aromatic heterocycles. The lowest BCUT2D eigenvalue weighted by atomic mass is 9.92. The summed E-state index contributed by atoms with van der Waals surface area (Å²) in [6.07, 6.45) is 1.79. The van der Waals surface area contributed by atoms with E-state index in [4.69, 9.17) is 10.5 Å². The Morgan fingerprint density at radius 2 is 2.21 bits per heavy atom. The van der Waals surface area contributed by atoms with Crippen LogP contribution in [0, 0.1) is 5.92 Å². The number of hydrogen-bond acceptors (Lipinski definition) is 3. The van der Waals surface area contributed by atoms with Crippen LogP contribution in [-0.4, -0.2) is 18.6 Å². The highest BCUT2D eigenvalue weighted by atomic mass is 16.5. The monoisotopic (exact) mass is 194 g/mol. The zero-order valence-corrected chi connectivity index (χ0v) is 9.03. The summed E-state index contributed by atoms with van der Waals surface area (Å²) in [6.45, 7) is 4.92. The average Bonchev–Trinajstić information content (AvgIpc) is 2.26. The van der Waals surface area contributed by atoms with E-state index in [2.05, 4.69) is 18.8 Å². The molecule has 0 amide bonds. The van der Waals surface area contributed by atoms with E-state index in [0.29, 0.717) is 18.4 Å². The summed E-state index contributed by atoms with van der Waals surface area (Å²) in [4.78, 5) is 4.34. The molecule has 0 saturated carbocycles. The molecule has 0 fully saturated rings. The number of nitrogens with two attached hydrogens (primary N) is 1. The van der Waals surface area contributed by atoms with Crippen LogP contribution >= 0.6 is 0 Å². The van der Waals surface area contributed by atoms with Gasteiger partial charge < -0.3 is 10.5 Å². The lowest BCUT2D eigenvalue weighted by molar-refractivity contribution is 0.390. The molecule has 3 heteroatoms. The molecule has 3 nitrogen and oxygen atoms in total. The van der Waals surface area contributed by atoms with Gasteiger partial charge in [0.05, 0.1) is 12.8 Å². The summed E-state index contributed by atoms with van der Waals surface area (Å²) in [5.74, 6) is 1.59. The zero-order valence-electron chi connectivity index (χ0n) is 9.03. The minimum absolute atomic E-state index is 0.330. The van der Waals surface area contributed by atoms with E-state index >= 15 is 0 Å². The maximum absolute atomic E-state index is 5.63. The summed E-state index contributed by atoms with van der Waals surface area (Å²) in [5.41, 5.74) is 6.63. The highest BCUT2D eigenvalue weighted by molar-refractivity contribution is 5.29. The molecule has 0 aliphatic heterocycles. The van der Waals surface area contributed by atoms with Crippen LogP contribution in [0.5, 0.6) is 5.75 Å². The second kappa shape index (κ2) is 4.96. The molecule has 1 heterocycles. The van der Waals surface area contributed by atoms with E-state index in [-0.39, 0.29) is 0 Å². The highest BCUT2D eigenvalue weighted by Gasteiger charge is 2.17. The number of methoxy groups -OCH3 is 1. The van der Waals surface area contributed by atoms with Gasteiger partial charge in [-0.05, 0) is 24.6 Å². The smallest absolute Gasteiger partial charge is 0.140 e. The fraction of sp³-hybridized carbons (Fsp3) is 0.545. The van der Waals surface area contributed by atoms with Crippen molar-refractivity contribution in [2.24, 2.45) is 11.7 Å². The summed E-state index contributed by atoms with van der Waals surface area (Å²) < 4.78 is 5.26. The number of nitrogens with zero attached hydrogens (tertiary/aromatic N) is 1. The van der Waals surface area contributed by atoms with Crippen molar-refractivity contribution in [1.82, 2.24) is 4.98 Å². The van der Waals surface area contributed by atoms with Gasteiger partial charge in [0.15, 0.2) is 0 Å². The Balaban J connectivity index is 2.93.